The molecule has 0 aliphatic carbocycles. The lowest BCUT2D eigenvalue weighted by atomic mass is 9.83. The third kappa shape index (κ3) is 4.86. The van der Waals surface area contributed by atoms with Crippen LogP contribution in [-0.2, 0) is 19.8 Å². The van der Waals surface area contributed by atoms with Gasteiger partial charge in [-0.3, -0.25) is 14.6 Å². The van der Waals surface area contributed by atoms with Crippen LogP contribution in [0.25, 0.3) is 0 Å². The van der Waals surface area contributed by atoms with Crippen LogP contribution in [0, 0.1) is 5.41 Å². The molecule has 0 bridgehead atoms. The van der Waals surface area contributed by atoms with Crippen LogP contribution in [0.4, 0.5) is 0 Å². The second kappa shape index (κ2) is 7.16. The topological polar surface area (TPSA) is 87.2 Å². The van der Waals surface area contributed by atoms with E-state index in [1.54, 1.807) is 0 Å². The van der Waals surface area contributed by atoms with Crippen molar-refractivity contribution in [2.45, 2.75) is 19.9 Å². The average Bonchev–Trinajstić information content (AvgIpc) is 2.26. The molecule has 0 aromatic heterocycles. The van der Waals surface area contributed by atoms with Crippen LogP contribution in [0.15, 0.2) is 0 Å². The zero-order chi connectivity index (χ0) is 15.3. The Morgan fingerprint density at radius 2 is 2.00 bits per heavy atom. The van der Waals surface area contributed by atoms with E-state index < -0.39 is 27.7 Å². The molecule has 0 spiro atoms. The summed E-state index contributed by atoms with van der Waals surface area (Å²) in [6.45, 7) is 7.03. The van der Waals surface area contributed by atoms with Gasteiger partial charge in [0.1, 0.15) is 11.5 Å². The summed E-state index contributed by atoms with van der Waals surface area (Å²) in [7, 11) is -0.952. The first-order valence-electron chi connectivity index (χ1n) is 6.42. The third-order valence-corrected chi connectivity index (χ3v) is 3.87. The van der Waals surface area contributed by atoms with Crippen molar-refractivity contribution in [2.24, 2.45) is 5.41 Å². The largest absolute Gasteiger partial charge is 0.480 e. The first-order chi connectivity index (χ1) is 9.24. The highest BCUT2D eigenvalue weighted by Gasteiger charge is 2.39. The van der Waals surface area contributed by atoms with Gasteiger partial charge in [-0.15, -0.1) is 0 Å². The van der Waals surface area contributed by atoms with E-state index in [1.807, 2.05) is 13.8 Å². The number of rotatable bonds is 6. The molecule has 1 rings (SSSR count). The van der Waals surface area contributed by atoms with Crippen molar-refractivity contribution in [3.05, 3.63) is 0 Å². The van der Waals surface area contributed by atoms with Crippen LogP contribution in [-0.4, -0.2) is 80.7 Å². The van der Waals surface area contributed by atoms with Crippen LogP contribution < -0.4 is 0 Å². The van der Waals surface area contributed by atoms with E-state index >= 15 is 0 Å². The van der Waals surface area contributed by atoms with Gasteiger partial charge in [-0.1, -0.05) is 13.8 Å². The van der Waals surface area contributed by atoms with Crippen LogP contribution in [0.3, 0.4) is 0 Å². The van der Waals surface area contributed by atoms with Crippen molar-refractivity contribution in [3.63, 3.8) is 0 Å². The number of ether oxygens (including phenoxy) is 1. The SMILES string of the molecule is CN(C=S(=O)=O)[C@H](C(=O)O)C(C)(C)CN1CCOCC1. The molecule has 116 valence electrons. The van der Waals surface area contributed by atoms with Crippen LogP contribution in [0.2, 0.25) is 0 Å². The molecule has 0 unspecified atom stereocenters. The molecule has 1 saturated heterocycles. The van der Waals surface area contributed by atoms with Crippen LogP contribution in [0.1, 0.15) is 13.8 Å². The van der Waals surface area contributed by atoms with Gasteiger partial charge < -0.3 is 9.84 Å². The first kappa shape index (κ1) is 17.1. The smallest absolute Gasteiger partial charge is 0.321 e. The Morgan fingerprint density at radius 1 is 1.45 bits per heavy atom. The Hall–Kier alpha value is -0.960. The molecule has 1 atom stereocenters. The number of nitrogens with zero attached hydrogens (tertiary/aromatic N) is 2. The normalized spacial score (nSPS) is 18.8. The Balaban J connectivity index is 2.87. The molecule has 0 amide bonds. The van der Waals surface area contributed by atoms with Gasteiger partial charge in [-0.25, -0.2) is 0 Å². The van der Waals surface area contributed by atoms with E-state index in [0.29, 0.717) is 19.8 Å². The molecule has 7 nitrogen and oxygen atoms in total. The van der Waals surface area contributed by atoms with E-state index in [-0.39, 0.29) is 0 Å². The Labute approximate surface area is 120 Å². The number of aliphatic carboxylic acids is 1. The average molecular weight is 306 g/mol. The zero-order valence-electron chi connectivity index (χ0n) is 12.1. The number of hydrogen-bond acceptors (Lipinski definition) is 5. The molecule has 0 aromatic rings. The fourth-order valence-electron chi connectivity index (χ4n) is 2.68. The highest BCUT2D eigenvalue weighted by Crippen LogP contribution is 2.26. The van der Waals surface area contributed by atoms with Gasteiger partial charge in [0.2, 0.25) is 10.3 Å². The molecular weight excluding hydrogens is 284 g/mol. The molecule has 1 heterocycles. The summed E-state index contributed by atoms with van der Waals surface area (Å²) in [4.78, 5) is 14.9. The maximum Gasteiger partial charge on any atom is 0.321 e. The molecule has 8 heteroatoms. The fourth-order valence-corrected chi connectivity index (χ4v) is 3.07. The predicted molar refractivity (Wildman–Crippen MR) is 75.2 cm³/mol. The minimum atomic E-state index is -2.42. The summed E-state index contributed by atoms with van der Waals surface area (Å²) in [6, 6.07) is -0.914. The van der Waals surface area contributed by atoms with Gasteiger partial charge >= 0.3 is 5.97 Å². The third-order valence-electron chi connectivity index (χ3n) is 3.37. The van der Waals surface area contributed by atoms with Gasteiger partial charge in [0.25, 0.3) is 0 Å². The molecule has 1 N–H and O–H groups in total. The van der Waals surface area contributed by atoms with Gasteiger partial charge in [0.05, 0.1) is 13.2 Å². The number of morpholine rings is 1. The molecule has 1 fully saturated rings. The van der Waals surface area contributed by atoms with Crippen LogP contribution in [0.5, 0.6) is 0 Å². The molecule has 1 aliphatic heterocycles. The summed E-state index contributed by atoms with van der Waals surface area (Å²) >= 11 is 0. The number of carboxylic acid groups (broad SMARTS) is 1. The lowest BCUT2D eigenvalue weighted by Gasteiger charge is -2.40. The fraction of sp³-hybridized carbons (Fsp3) is 0.833. The van der Waals surface area contributed by atoms with Crippen molar-refractivity contribution < 1.29 is 23.1 Å². The van der Waals surface area contributed by atoms with Gasteiger partial charge in [0.15, 0.2) is 0 Å². The molecular formula is C12H22N2O5S. The molecule has 0 aromatic carbocycles. The summed E-state index contributed by atoms with van der Waals surface area (Å²) in [5.41, 5.74) is 0.299. The molecule has 0 saturated carbocycles. The molecule has 1 aliphatic rings. The van der Waals surface area contributed by atoms with Crippen molar-refractivity contribution in [3.8, 4) is 0 Å². The minimum Gasteiger partial charge on any atom is -0.480 e. The number of likely N-dealkylation sites (N-methyl/N-ethyl adjacent to an activating group) is 1. The highest BCUT2D eigenvalue weighted by atomic mass is 32.2. The van der Waals surface area contributed by atoms with Crippen molar-refractivity contribution in [1.29, 1.82) is 0 Å². The van der Waals surface area contributed by atoms with E-state index in [9.17, 15) is 18.3 Å². The lowest BCUT2D eigenvalue weighted by molar-refractivity contribution is -0.146. The standard InChI is InChI=1S/C12H22N2O5S/c1-12(2,8-14-4-6-19-7-5-14)10(11(15)16)13(3)9-20(17)18/h9-10H,4-8H2,1-3H3,(H,15,16)/t10-/m1/s1. The van der Waals surface area contributed by atoms with Crippen molar-refractivity contribution in [1.82, 2.24) is 9.80 Å². The second-order valence-electron chi connectivity index (χ2n) is 5.65. The Bertz CT molecular complexity index is 460. The first-order valence-corrected chi connectivity index (χ1v) is 7.56. The summed E-state index contributed by atoms with van der Waals surface area (Å²) < 4.78 is 26.7. The lowest BCUT2D eigenvalue weighted by Crippen LogP contribution is -2.54. The maximum absolute atomic E-state index is 11.5. The van der Waals surface area contributed by atoms with Crippen molar-refractivity contribution >= 4 is 21.8 Å². The molecule has 0 radical (unpaired) electrons. The second-order valence-corrected chi connectivity index (χ2v) is 6.38. The van der Waals surface area contributed by atoms with E-state index in [0.717, 1.165) is 18.6 Å². The summed E-state index contributed by atoms with van der Waals surface area (Å²) in [6.07, 6.45) is 0. The molecule has 20 heavy (non-hydrogen) atoms. The summed E-state index contributed by atoms with van der Waals surface area (Å²) in [5, 5.41) is 9.42. The number of hydrogen-bond donors (Lipinski definition) is 1. The quantitative estimate of drug-likeness (QED) is 0.654. The van der Waals surface area contributed by atoms with E-state index in [1.165, 1.54) is 11.9 Å². The number of carboxylic acids is 1. The van der Waals surface area contributed by atoms with Crippen LogP contribution >= 0.6 is 0 Å². The minimum absolute atomic E-state index is 0.566. The highest BCUT2D eigenvalue weighted by molar-refractivity contribution is 7.71. The van der Waals surface area contributed by atoms with Gasteiger partial charge in [-0.2, -0.15) is 8.42 Å². The van der Waals surface area contributed by atoms with Gasteiger partial charge in [0, 0.05) is 25.0 Å². The monoisotopic (exact) mass is 306 g/mol. The zero-order valence-corrected chi connectivity index (χ0v) is 12.9. The van der Waals surface area contributed by atoms with Gasteiger partial charge in [-0.05, 0) is 7.05 Å². The Kier molecular flexibility index (Phi) is 6.12. The summed E-state index contributed by atoms with van der Waals surface area (Å²) in [5.74, 6) is -1.03. The van der Waals surface area contributed by atoms with E-state index in [2.05, 4.69) is 4.90 Å². The van der Waals surface area contributed by atoms with E-state index in [4.69, 9.17) is 4.74 Å². The predicted octanol–water partition coefficient (Wildman–Crippen LogP) is -0.631. The number of carbonyl (C=O) groups is 1. The van der Waals surface area contributed by atoms with Crippen molar-refractivity contribution in [2.75, 3.05) is 39.9 Å². The maximum atomic E-state index is 11.5. The Morgan fingerprint density at radius 3 is 2.45 bits per heavy atom.